The molecule has 2 rings (SSSR count). The number of nitrogens with one attached hydrogen (secondary N) is 1. The Kier molecular flexibility index (Phi) is 2.82. The zero-order valence-corrected chi connectivity index (χ0v) is 8.32. The van der Waals surface area contributed by atoms with Crippen molar-refractivity contribution in [2.75, 3.05) is 37.4 Å². The van der Waals surface area contributed by atoms with E-state index in [4.69, 9.17) is 20.3 Å². The van der Waals surface area contributed by atoms with E-state index in [9.17, 15) is 0 Å². The van der Waals surface area contributed by atoms with Gasteiger partial charge in [-0.15, -0.1) is 0 Å². The minimum Gasteiger partial charge on any atom is -0.486 e. The van der Waals surface area contributed by atoms with Crippen molar-refractivity contribution in [1.29, 1.82) is 0 Å². The second-order valence-corrected chi connectivity index (χ2v) is 3.23. The molecule has 1 heterocycles. The smallest absolute Gasteiger partial charge is 0.163 e. The van der Waals surface area contributed by atoms with Crippen LogP contribution in [-0.2, 0) is 0 Å². The summed E-state index contributed by atoms with van der Waals surface area (Å²) < 4.78 is 10.8. The van der Waals surface area contributed by atoms with Crippen LogP contribution in [0.1, 0.15) is 0 Å². The van der Waals surface area contributed by atoms with Gasteiger partial charge in [0, 0.05) is 18.7 Å². The van der Waals surface area contributed by atoms with Gasteiger partial charge in [0.05, 0.1) is 18.0 Å². The van der Waals surface area contributed by atoms with E-state index in [2.05, 4.69) is 5.32 Å². The van der Waals surface area contributed by atoms with Crippen LogP contribution in [0.4, 0.5) is 11.4 Å². The Morgan fingerprint density at radius 3 is 2.60 bits per heavy atom. The first-order chi connectivity index (χ1) is 7.31. The number of anilines is 2. The fourth-order valence-corrected chi connectivity index (χ4v) is 1.45. The molecule has 1 aromatic carbocycles. The largest absolute Gasteiger partial charge is 0.486 e. The minimum atomic E-state index is 0.0634. The molecule has 0 radical (unpaired) electrons. The van der Waals surface area contributed by atoms with Crippen LogP contribution >= 0.6 is 0 Å². The topological polar surface area (TPSA) is 76.7 Å². The molecule has 0 atom stereocenters. The van der Waals surface area contributed by atoms with Crippen LogP contribution in [0.25, 0.3) is 0 Å². The van der Waals surface area contributed by atoms with Crippen molar-refractivity contribution in [3.63, 3.8) is 0 Å². The third-order valence-electron chi connectivity index (χ3n) is 2.14. The van der Waals surface area contributed by atoms with Gasteiger partial charge in [-0.3, -0.25) is 0 Å². The maximum atomic E-state index is 8.70. The molecule has 15 heavy (non-hydrogen) atoms. The average Bonchev–Trinajstić information content (AvgIpc) is 2.26. The summed E-state index contributed by atoms with van der Waals surface area (Å²) in [6.07, 6.45) is 0. The number of aliphatic hydroxyl groups excluding tert-OH is 1. The molecule has 0 saturated carbocycles. The predicted octanol–water partition coefficient (Wildman–Crippen LogP) is 0.444. The molecule has 0 unspecified atom stereocenters. The van der Waals surface area contributed by atoms with Gasteiger partial charge in [-0.1, -0.05) is 0 Å². The first-order valence-electron chi connectivity index (χ1n) is 4.85. The van der Waals surface area contributed by atoms with Crippen LogP contribution in [0, 0.1) is 0 Å². The Bertz CT molecular complexity index is 355. The summed E-state index contributed by atoms with van der Waals surface area (Å²) in [5.41, 5.74) is 7.15. The summed E-state index contributed by atoms with van der Waals surface area (Å²) in [5, 5.41) is 11.7. The molecule has 0 spiro atoms. The Hall–Kier alpha value is -1.62. The molecule has 5 nitrogen and oxygen atoms in total. The van der Waals surface area contributed by atoms with Gasteiger partial charge in [0.25, 0.3) is 0 Å². The maximum Gasteiger partial charge on any atom is 0.163 e. The summed E-state index contributed by atoms with van der Waals surface area (Å²) in [5.74, 6) is 1.36. The SMILES string of the molecule is Nc1cc2c(cc1NCCO)OCCO2. The third-order valence-corrected chi connectivity index (χ3v) is 2.14. The highest BCUT2D eigenvalue weighted by Gasteiger charge is 2.14. The summed E-state index contributed by atoms with van der Waals surface area (Å²) in [6, 6.07) is 3.52. The van der Waals surface area contributed by atoms with E-state index in [0.717, 1.165) is 5.69 Å². The first kappa shape index (κ1) is 9.92. The van der Waals surface area contributed by atoms with Gasteiger partial charge in [0.1, 0.15) is 13.2 Å². The van der Waals surface area contributed by atoms with E-state index >= 15 is 0 Å². The Morgan fingerprint density at radius 1 is 1.27 bits per heavy atom. The molecule has 82 valence electrons. The van der Waals surface area contributed by atoms with Gasteiger partial charge in [-0.2, -0.15) is 0 Å². The molecule has 0 bridgehead atoms. The molecule has 1 aliphatic rings. The normalized spacial score (nSPS) is 13.7. The number of hydrogen-bond donors (Lipinski definition) is 3. The van der Waals surface area contributed by atoms with Crippen LogP contribution < -0.4 is 20.5 Å². The highest BCUT2D eigenvalue weighted by Crippen LogP contribution is 2.36. The zero-order chi connectivity index (χ0) is 10.7. The Morgan fingerprint density at radius 2 is 1.93 bits per heavy atom. The summed E-state index contributed by atoms with van der Waals surface area (Å²) in [7, 11) is 0. The van der Waals surface area contributed by atoms with E-state index in [-0.39, 0.29) is 6.61 Å². The molecule has 4 N–H and O–H groups in total. The van der Waals surface area contributed by atoms with Gasteiger partial charge < -0.3 is 25.6 Å². The van der Waals surface area contributed by atoms with Gasteiger partial charge in [-0.05, 0) is 0 Å². The van der Waals surface area contributed by atoms with Crippen molar-refractivity contribution in [3.05, 3.63) is 12.1 Å². The lowest BCUT2D eigenvalue weighted by Gasteiger charge is -2.20. The van der Waals surface area contributed by atoms with Gasteiger partial charge in [0.15, 0.2) is 11.5 Å². The second kappa shape index (κ2) is 4.27. The molecule has 0 amide bonds. The van der Waals surface area contributed by atoms with Crippen molar-refractivity contribution in [3.8, 4) is 11.5 Å². The molecule has 5 heteroatoms. The van der Waals surface area contributed by atoms with Gasteiger partial charge >= 0.3 is 0 Å². The fraction of sp³-hybridized carbons (Fsp3) is 0.400. The number of nitrogen functional groups attached to an aromatic ring is 1. The number of benzene rings is 1. The number of ether oxygens (including phenoxy) is 2. The van der Waals surface area contributed by atoms with Crippen LogP contribution in [0.3, 0.4) is 0 Å². The fourth-order valence-electron chi connectivity index (χ4n) is 1.45. The van der Waals surface area contributed by atoms with Crippen molar-refractivity contribution in [1.82, 2.24) is 0 Å². The van der Waals surface area contributed by atoms with Crippen LogP contribution in [0.2, 0.25) is 0 Å². The maximum absolute atomic E-state index is 8.70. The van der Waals surface area contributed by atoms with Gasteiger partial charge in [-0.25, -0.2) is 0 Å². The third kappa shape index (κ3) is 2.07. The number of nitrogens with two attached hydrogens (primary N) is 1. The van der Waals surface area contributed by atoms with Crippen molar-refractivity contribution < 1.29 is 14.6 Å². The Balaban J connectivity index is 2.24. The van der Waals surface area contributed by atoms with Crippen molar-refractivity contribution in [2.24, 2.45) is 0 Å². The number of aliphatic hydroxyl groups is 1. The lowest BCUT2D eigenvalue weighted by molar-refractivity contribution is 0.172. The van der Waals surface area contributed by atoms with Crippen LogP contribution in [0.15, 0.2) is 12.1 Å². The number of rotatable bonds is 3. The molecule has 0 fully saturated rings. The van der Waals surface area contributed by atoms with E-state index in [0.29, 0.717) is 36.9 Å². The van der Waals surface area contributed by atoms with E-state index in [1.807, 2.05) is 0 Å². The van der Waals surface area contributed by atoms with E-state index in [1.165, 1.54) is 0 Å². The minimum absolute atomic E-state index is 0.0634. The highest BCUT2D eigenvalue weighted by molar-refractivity contribution is 5.72. The lowest BCUT2D eigenvalue weighted by atomic mass is 10.2. The predicted molar refractivity (Wildman–Crippen MR) is 57.4 cm³/mol. The molecule has 0 aliphatic carbocycles. The molecule has 1 aliphatic heterocycles. The van der Waals surface area contributed by atoms with E-state index in [1.54, 1.807) is 12.1 Å². The monoisotopic (exact) mass is 210 g/mol. The molecular formula is C10H14N2O3. The summed E-state index contributed by atoms with van der Waals surface area (Å²) >= 11 is 0. The summed E-state index contributed by atoms with van der Waals surface area (Å²) in [4.78, 5) is 0. The van der Waals surface area contributed by atoms with E-state index < -0.39 is 0 Å². The van der Waals surface area contributed by atoms with Crippen LogP contribution in [0.5, 0.6) is 11.5 Å². The summed E-state index contributed by atoms with van der Waals surface area (Å²) in [6.45, 7) is 1.63. The Labute approximate surface area is 87.8 Å². The lowest BCUT2D eigenvalue weighted by Crippen LogP contribution is -2.16. The standard InChI is InChI=1S/C10H14N2O3/c11-7-5-9-10(15-4-3-14-9)6-8(7)12-1-2-13/h5-6,12-13H,1-4,11H2. The first-order valence-corrected chi connectivity index (χ1v) is 4.85. The second-order valence-electron chi connectivity index (χ2n) is 3.23. The van der Waals surface area contributed by atoms with Crippen molar-refractivity contribution >= 4 is 11.4 Å². The molecule has 0 aromatic heterocycles. The molecule has 0 saturated heterocycles. The molecular weight excluding hydrogens is 196 g/mol. The number of fused-ring (bicyclic) bond motifs is 1. The van der Waals surface area contributed by atoms with Gasteiger partial charge in [0.2, 0.25) is 0 Å². The van der Waals surface area contributed by atoms with Crippen LogP contribution in [-0.4, -0.2) is 31.5 Å². The molecule has 1 aromatic rings. The average molecular weight is 210 g/mol. The van der Waals surface area contributed by atoms with Crippen molar-refractivity contribution in [2.45, 2.75) is 0 Å². The quantitative estimate of drug-likeness (QED) is 0.631. The highest BCUT2D eigenvalue weighted by atomic mass is 16.6. The number of hydrogen-bond acceptors (Lipinski definition) is 5. The zero-order valence-electron chi connectivity index (χ0n) is 8.32.